The molecule has 2 N–H and O–H groups in total. The van der Waals surface area contributed by atoms with Gasteiger partial charge in [0.05, 0.1) is 39.8 Å². The van der Waals surface area contributed by atoms with E-state index in [0.29, 0.717) is 28.3 Å². The van der Waals surface area contributed by atoms with Gasteiger partial charge in [-0.3, -0.25) is 4.79 Å². The molecule has 1 aromatic heterocycles. The highest BCUT2D eigenvalue weighted by Crippen LogP contribution is 2.39. The second-order valence-electron chi connectivity index (χ2n) is 10.8. The van der Waals surface area contributed by atoms with E-state index >= 15 is 0 Å². The number of fused-ring (bicyclic) bond motifs is 5. The van der Waals surface area contributed by atoms with Crippen molar-refractivity contribution in [3.8, 4) is 0 Å². The molecule has 8 bridgehead atoms. The Kier molecular flexibility index (Phi) is 6.99. The molecule has 4 aliphatic rings. The van der Waals surface area contributed by atoms with E-state index < -0.39 is 0 Å². The number of rotatable bonds is 4. The molecule has 0 saturated carbocycles. The molecule has 0 atom stereocenters. The second-order valence-corrected chi connectivity index (χ2v) is 10.8. The summed E-state index contributed by atoms with van der Waals surface area (Å²) in [5.41, 5.74) is 15.2. The lowest BCUT2D eigenvalue weighted by molar-refractivity contribution is -0.113. The molecule has 5 rings (SSSR count). The summed E-state index contributed by atoms with van der Waals surface area (Å²) in [5.74, 6) is -0.00595. The summed E-state index contributed by atoms with van der Waals surface area (Å²) in [6, 6.07) is 0. The smallest absolute Gasteiger partial charge is 0.162 e. The fourth-order valence-corrected chi connectivity index (χ4v) is 6.30. The van der Waals surface area contributed by atoms with E-state index in [1.807, 2.05) is 13.0 Å². The first kappa shape index (κ1) is 27.5. The van der Waals surface area contributed by atoms with Gasteiger partial charge in [-0.2, -0.15) is 0 Å². The van der Waals surface area contributed by atoms with Crippen LogP contribution in [0.4, 0.5) is 0 Å². The largest absolute Gasteiger partial charge is 0.512 e. The molecule has 0 saturated heterocycles. The first-order chi connectivity index (χ1) is 19.0. The number of aliphatic hydroxyl groups excluding tert-OH is 1. The molecule has 0 aromatic carbocycles. The standard InChI is InChI=1S/C34H38N4O2/c1-10-22-16(4)25-13-27-18(6)24(12-3)33(37-27)32(21(9)40)34-31(20(8)39)19(7)28(38-34)15-30-23(11-2)17(5)26(36-30)14-29(22)35-25/h13-15,35,40H,10-12H2,1-9H3. The topological polar surface area (TPSA) is 90.2 Å². The quantitative estimate of drug-likeness (QED) is 0.383. The minimum atomic E-state index is -0.0952. The van der Waals surface area contributed by atoms with Crippen LogP contribution >= 0.6 is 0 Å². The van der Waals surface area contributed by atoms with E-state index in [9.17, 15) is 9.90 Å². The van der Waals surface area contributed by atoms with E-state index in [-0.39, 0.29) is 11.5 Å². The molecule has 6 heteroatoms. The molecule has 0 spiro atoms. The zero-order chi connectivity index (χ0) is 29.0. The number of Topliss-reactive ketones (excluding diaryl/α,β-unsaturated/α-hetero) is 1. The predicted octanol–water partition coefficient (Wildman–Crippen LogP) is 8.02. The zero-order valence-electron chi connectivity index (χ0n) is 25.1. The van der Waals surface area contributed by atoms with Crippen LogP contribution in [0.2, 0.25) is 0 Å². The fraction of sp³-hybridized carbons (Fsp3) is 0.353. The molecule has 0 aliphatic carbocycles. The van der Waals surface area contributed by atoms with Crippen LogP contribution in [-0.4, -0.2) is 33.0 Å². The number of hydrogen-bond donors (Lipinski definition) is 2. The van der Waals surface area contributed by atoms with Crippen LogP contribution in [0.1, 0.15) is 90.7 Å². The average Bonchev–Trinajstić information content (AvgIpc) is 3.57. The highest BCUT2D eigenvalue weighted by molar-refractivity contribution is 6.42. The number of hydrogen-bond acceptors (Lipinski definition) is 5. The van der Waals surface area contributed by atoms with Crippen molar-refractivity contribution in [2.45, 2.75) is 81.6 Å². The summed E-state index contributed by atoms with van der Waals surface area (Å²) >= 11 is 0. The van der Waals surface area contributed by atoms with Crippen LogP contribution < -0.4 is 0 Å². The average molecular weight is 535 g/mol. The Labute approximate surface area is 236 Å². The molecule has 5 heterocycles. The van der Waals surface area contributed by atoms with Crippen LogP contribution in [0, 0.1) is 6.92 Å². The number of allylic oxidation sites excluding steroid dienone is 9. The first-order valence-electron chi connectivity index (χ1n) is 14.2. The first-order valence-corrected chi connectivity index (χ1v) is 14.2. The van der Waals surface area contributed by atoms with Gasteiger partial charge in [-0.1, -0.05) is 20.8 Å². The number of ketones is 1. The van der Waals surface area contributed by atoms with E-state index in [0.717, 1.165) is 75.6 Å². The third kappa shape index (κ3) is 4.17. The number of nitrogens with one attached hydrogen (secondary N) is 1. The predicted molar refractivity (Wildman–Crippen MR) is 166 cm³/mol. The van der Waals surface area contributed by atoms with Gasteiger partial charge in [0.2, 0.25) is 0 Å². The molecular weight excluding hydrogens is 496 g/mol. The molecule has 0 radical (unpaired) electrons. The summed E-state index contributed by atoms with van der Waals surface area (Å²) in [6.45, 7) is 17.9. The van der Waals surface area contributed by atoms with Crippen LogP contribution in [-0.2, 0) is 11.2 Å². The van der Waals surface area contributed by atoms with Crippen molar-refractivity contribution in [2.75, 3.05) is 0 Å². The van der Waals surface area contributed by atoms with E-state index in [1.54, 1.807) is 13.8 Å². The number of aromatic amines is 1. The Morgan fingerprint density at radius 1 is 0.750 bits per heavy atom. The van der Waals surface area contributed by atoms with Gasteiger partial charge in [-0.05, 0) is 118 Å². The normalized spacial score (nSPS) is 20.0. The highest BCUT2D eigenvalue weighted by Gasteiger charge is 2.34. The Hall–Kier alpha value is -4.06. The van der Waals surface area contributed by atoms with Gasteiger partial charge < -0.3 is 10.1 Å². The van der Waals surface area contributed by atoms with Gasteiger partial charge in [0.15, 0.2) is 5.78 Å². The van der Waals surface area contributed by atoms with Crippen molar-refractivity contribution in [1.82, 2.24) is 4.98 Å². The maximum atomic E-state index is 13.0. The number of aliphatic imine (C=N–C) groups is 3. The lowest BCUT2D eigenvalue weighted by atomic mass is 9.89. The molecular formula is C34H38N4O2. The summed E-state index contributed by atoms with van der Waals surface area (Å²) < 4.78 is 0. The van der Waals surface area contributed by atoms with Crippen molar-refractivity contribution < 1.29 is 9.90 Å². The Morgan fingerprint density at radius 3 is 1.93 bits per heavy atom. The van der Waals surface area contributed by atoms with Gasteiger partial charge in [-0.15, -0.1) is 0 Å². The van der Waals surface area contributed by atoms with Gasteiger partial charge in [0.1, 0.15) is 5.76 Å². The van der Waals surface area contributed by atoms with Crippen molar-refractivity contribution >= 4 is 35.1 Å². The number of H-pyrrole nitrogens is 1. The molecule has 4 aliphatic heterocycles. The molecule has 40 heavy (non-hydrogen) atoms. The van der Waals surface area contributed by atoms with Gasteiger partial charge in [0, 0.05) is 17.0 Å². The van der Waals surface area contributed by atoms with Crippen LogP contribution in [0.3, 0.4) is 0 Å². The monoisotopic (exact) mass is 534 g/mol. The molecule has 1 aromatic rings. The fourth-order valence-electron chi connectivity index (χ4n) is 6.30. The summed E-state index contributed by atoms with van der Waals surface area (Å²) in [6.07, 6.45) is 8.69. The van der Waals surface area contributed by atoms with Crippen molar-refractivity contribution in [3.05, 3.63) is 90.5 Å². The minimum absolute atomic E-state index is 0.0893. The third-order valence-corrected chi connectivity index (χ3v) is 8.51. The van der Waals surface area contributed by atoms with Crippen LogP contribution in [0.5, 0.6) is 0 Å². The van der Waals surface area contributed by atoms with Gasteiger partial charge >= 0.3 is 0 Å². The molecule has 206 valence electrons. The highest BCUT2D eigenvalue weighted by atomic mass is 16.3. The van der Waals surface area contributed by atoms with E-state index in [1.165, 1.54) is 11.1 Å². The summed E-state index contributed by atoms with van der Waals surface area (Å²) in [7, 11) is 0. The number of aromatic nitrogens is 1. The molecule has 0 unspecified atom stereocenters. The Balaban J connectivity index is 1.91. The van der Waals surface area contributed by atoms with Crippen molar-refractivity contribution in [1.29, 1.82) is 0 Å². The molecule has 0 fully saturated rings. The Bertz CT molecular complexity index is 1700. The number of carbonyl (C=O) groups is 1. The zero-order valence-corrected chi connectivity index (χ0v) is 25.1. The van der Waals surface area contributed by atoms with Crippen LogP contribution in [0.25, 0.3) is 12.2 Å². The number of aliphatic hydroxyl groups is 1. The lowest BCUT2D eigenvalue weighted by Gasteiger charge is -2.13. The summed E-state index contributed by atoms with van der Waals surface area (Å²) in [5, 5.41) is 11.1. The number of carbonyl (C=O) groups excluding carboxylic acids is 1. The molecule has 0 amide bonds. The van der Waals surface area contributed by atoms with E-state index in [2.05, 4.69) is 58.7 Å². The van der Waals surface area contributed by atoms with Crippen molar-refractivity contribution in [2.24, 2.45) is 15.0 Å². The number of nitrogens with zero attached hydrogens (tertiary/aromatic N) is 3. The van der Waals surface area contributed by atoms with Gasteiger partial charge in [-0.25, -0.2) is 15.0 Å². The maximum Gasteiger partial charge on any atom is 0.162 e. The van der Waals surface area contributed by atoms with Crippen molar-refractivity contribution in [3.63, 3.8) is 0 Å². The van der Waals surface area contributed by atoms with Gasteiger partial charge in [0.25, 0.3) is 0 Å². The maximum absolute atomic E-state index is 13.0. The lowest BCUT2D eigenvalue weighted by Crippen LogP contribution is -2.20. The van der Waals surface area contributed by atoms with Crippen LogP contribution in [0.15, 0.2) is 82.9 Å². The minimum Gasteiger partial charge on any atom is -0.512 e. The Morgan fingerprint density at radius 2 is 1.32 bits per heavy atom. The summed E-state index contributed by atoms with van der Waals surface area (Å²) in [4.78, 5) is 31.8. The SMILES string of the molecule is CCC1=C(C)C2=Cc3[nH]c(c(C)c3CC)C=C3N=C(C(CC)=C3C)C(=C(C)O)C3=NC(=CC1=N2)C(C)=C3C(C)=O. The molecule has 6 nitrogen and oxygen atoms in total. The van der Waals surface area contributed by atoms with E-state index in [4.69, 9.17) is 15.0 Å². The third-order valence-electron chi connectivity index (χ3n) is 8.51. The second kappa shape index (κ2) is 10.2.